The molecule has 1 aromatic rings. The molecule has 1 aromatic carbocycles. The molecular weight excluding hydrogens is 404 g/mol. The Balaban J connectivity index is 1.79. The van der Waals surface area contributed by atoms with Crippen LogP contribution in [0.2, 0.25) is 0 Å². The van der Waals surface area contributed by atoms with Crippen LogP contribution in [0.4, 0.5) is 5.69 Å². The van der Waals surface area contributed by atoms with E-state index in [1.807, 2.05) is 49.3 Å². The zero-order valence-electron chi connectivity index (χ0n) is 17.9. The third kappa shape index (κ3) is 5.19. The molecule has 3 atom stereocenters. The number of hydrogen-bond donors (Lipinski definition) is 2. The molecule has 2 aliphatic rings. The molecule has 2 amide bonds. The number of nitrogens with two attached hydrogens (primary N) is 1. The van der Waals surface area contributed by atoms with Gasteiger partial charge in [0.25, 0.3) is 0 Å². The number of ether oxygens (including phenoxy) is 1. The number of nitrogens with zero attached hydrogens (tertiary/aromatic N) is 2. The van der Waals surface area contributed by atoms with E-state index in [2.05, 4.69) is 5.32 Å². The van der Waals surface area contributed by atoms with Crippen LogP contribution in [0.3, 0.4) is 0 Å². The number of rotatable bonds is 6. The maximum atomic E-state index is 13.4. The first-order valence-electron chi connectivity index (χ1n) is 10.4. The van der Waals surface area contributed by atoms with Gasteiger partial charge in [-0.3, -0.25) is 9.59 Å². The van der Waals surface area contributed by atoms with Crippen LogP contribution in [0.15, 0.2) is 29.2 Å². The number of anilines is 1. The highest BCUT2D eigenvalue weighted by molar-refractivity contribution is 7.82. The van der Waals surface area contributed by atoms with E-state index in [0.29, 0.717) is 44.2 Å². The van der Waals surface area contributed by atoms with Gasteiger partial charge in [0.2, 0.25) is 11.8 Å². The number of benzene rings is 1. The van der Waals surface area contributed by atoms with Crippen LogP contribution in [0.25, 0.3) is 0 Å². The van der Waals surface area contributed by atoms with Gasteiger partial charge in [-0.2, -0.15) is 0 Å². The van der Waals surface area contributed by atoms with Crippen LogP contribution in [0, 0.1) is 5.41 Å². The third-order valence-corrected chi connectivity index (χ3v) is 7.02. The van der Waals surface area contributed by atoms with Gasteiger partial charge in [0, 0.05) is 25.3 Å². The summed E-state index contributed by atoms with van der Waals surface area (Å²) in [6, 6.07) is 6.25. The van der Waals surface area contributed by atoms with Crippen molar-refractivity contribution in [2.24, 2.45) is 11.1 Å². The van der Waals surface area contributed by atoms with E-state index in [1.165, 1.54) is 0 Å². The van der Waals surface area contributed by atoms with Crippen LogP contribution in [-0.2, 0) is 25.3 Å². The molecule has 3 rings (SSSR count). The Morgan fingerprint density at radius 2 is 1.93 bits per heavy atom. The highest BCUT2D eigenvalue weighted by Gasteiger charge is 2.40. The highest BCUT2D eigenvalue weighted by atomic mass is 32.2. The van der Waals surface area contributed by atoms with E-state index < -0.39 is 34.4 Å². The summed E-state index contributed by atoms with van der Waals surface area (Å²) in [4.78, 5) is 27.4. The minimum atomic E-state index is -1.28. The Morgan fingerprint density at radius 3 is 2.57 bits per heavy atom. The normalized spacial score (nSPS) is 22.5. The van der Waals surface area contributed by atoms with Gasteiger partial charge in [0.15, 0.2) is 0 Å². The van der Waals surface area contributed by atoms with Crippen molar-refractivity contribution in [3.8, 4) is 0 Å². The summed E-state index contributed by atoms with van der Waals surface area (Å²) < 4.78 is 20.1. The van der Waals surface area contributed by atoms with E-state index in [0.717, 1.165) is 12.1 Å². The van der Waals surface area contributed by atoms with Gasteiger partial charge in [-0.1, -0.05) is 26.8 Å². The Bertz CT molecular complexity index is 804. The molecule has 2 saturated heterocycles. The van der Waals surface area contributed by atoms with Crippen molar-refractivity contribution in [2.45, 2.75) is 50.6 Å². The number of hydrogen-bond acceptors (Lipinski definition) is 5. The van der Waals surface area contributed by atoms with Crippen LogP contribution >= 0.6 is 0 Å². The second kappa shape index (κ2) is 9.45. The fourth-order valence-corrected chi connectivity index (χ4v) is 5.07. The average molecular weight is 437 g/mol. The standard InChI is InChI=1S/C21H32N4O4S/c1-21(2,3)18(20(27)25-9-5-8-17(25)19(22)26)23-15-6-4-7-16(14-15)30(28)24-10-12-29-13-11-24/h4,6-7,14,17-18,23H,5,8-13H2,1-3H3,(H2,22,26). The van der Waals surface area contributed by atoms with Gasteiger partial charge >= 0.3 is 0 Å². The largest absolute Gasteiger partial charge is 0.379 e. The number of amides is 2. The molecule has 9 heteroatoms. The number of primary amides is 1. The van der Waals surface area contributed by atoms with Gasteiger partial charge in [-0.15, -0.1) is 0 Å². The summed E-state index contributed by atoms with van der Waals surface area (Å²) >= 11 is 0. The van der Waals surface area contributed by atoms with E-state index in [1.54, 1.807) is 4.90 Å². The summed E-state index contributed by atoms with van der Waals surface area (Å²) in [5.74, 6) is -0.597. The number of carbonyl (C=O) groups is 2. The Hall–Kier alpha value is -1.97. The molecule has 2 fully saturated rings. The predicted octanol–water partition coefficient (Wildman–Crippen LogP) is 1.34. The summed E-state index contributed by atoms with van der Waals surface area (Å²) in [7, 11) is -1.28. The summed E-state index contributed by atoms with van der Waals surface area (Å²) in [5, 5.41) is 3.33. The molecule has 3 N–H and O–H groups in total. The third-order valence-electron chi connectivity index (χ3n) is 5.53. The van der Waals surface area contributed by atoms with E-state index in [-0.39, 0.29) is 5.91 Å². The highest BCUT2D eigenvalue weighted by Crippen LogP contribution is 2.29. The van der Waals surface area contributed by atoms with Crippen molar-refractivity contribution >= 4 is 28.5 Å². The zero-order chi connectivity index (χ0) is 21.9. The molecule has 8 nitrogen and oxygen atoms in total. The molecule has 2 heterocycles. The van der Waals surface area contributed by atoms with Crippen molar-refractivity contribution < 1.29 is 18.5 Å². The van der Waals surface area contributed by atoms with E-state index in [4.69, 9.17) is 10.5 Å². The summed E-state index contributed by atoms with van der Waals surface area (Å²) in [6.45, 7) is 8.85. The molecule has 166 valence electrons. The SMILES string of the molecule is CC(C)(C)C(Nc1cccc(S(=O)N2CCOCC2)c1)C(=O)N1CCCC1C(N)=O. The van der Waals surface area contributed by atoms with Crippen molar-refractivity contribution in [2.75, 3.05) is 38.2 Å². The zero-order valence-corrected chi connectivity index (χ0v) is 18.7. The van der Waals surface area contributed by atoms with Crippen LogP contribution < -0.4 is 11.1 Å². The minimum absolute atomic E-state index is 0.136. The van der Waals surface area contributed by atoms with E-state index >= 15 is 0 Å². The van der Waals surface area contributed by atoms with Crippen LogP contribution in [0.5, 0.6) is 0 Å². The average Bonchev–Trinajstić information content (AvgIpc) is 3.21. The maximum Gasteiger partial charge on any atom is 0.246 e. The Labute approximate surface area is 180 Å². The summed E-state index contributed by atoms with van der Waals surface area (Å²) in [5.41, 5.74) is 5.83. The quantitative estimate of drug-likeness (QED) is 0.700. The van der Waals surface area contributed by atoms with E-state index in [9.17, 15) is 13.8 Å². The fourth-order valence-electron chi connectivity index (χ4n) is 3.86. The fraction of sp³-hybridized carbons (Fsp3) is 0.619. The lowest BCUT2D eigenvalue weighted by molar-refractivity contribution is -0.139. The molecular formula is C21H32N4O4S. The topological polar surface area (TPSA) is 105 Å². The Morgan fingerprint density at radius 1 is 1.23 bits per heavy atom. The molecule has 0 saturated carbocycles. The lowest BCUT2D eigenvalue weighted by Crippen LogP contribution is -2.53. The first kappa shape index (κ1) is 22.7. The first-order chi connectivity index (χ1) is 14.2. The molecule has 0 bridgehead atoms. The number of morpholine rings is 1. The van der Waals surface area contributed by atoms with Crippen molar-refractivity contribution in [3.63, 3.8) is 0 Å². The number of likely N-dealkylation sites (tertiary alicyclic amines) is 1. The lowest BCUT2D eigenvalue weighted by Gasteiger charge is -2.35. The molecule has 0 radical (unpaired) electrons. The first-order valence-corrected chi connectivity index (χ1v) is 11.5. The maximum absolute atomic E-state index is 13.4. The monoisotopic (exact) mass is 436 g/mol. The summed E-state index contributed by atoms with van der Waals surface area (Å²) in [6.07, 6.45) is 1.37. The van der Waals surface area contributed by atoms with Crippen molar-refractivity contribution in [1.29, 1.82) is 0 Å². The lowest BCUT2D eigenvalue weighted by atomic mass is 9.85. The van der Waals surface area contributed by atoms with Gasteiger partial charge < -0.3 is 20.7 Å². The molecule has 0 aromatic heterocycles. The molecule has 0 spiro atoms. The minimum Gasteiger partial charge on any atom is -0.379 e. The smallest absolute Gasteiger partial charge is 0.246 e. The number of nitrogens with one attached hydrogen (secondary N) is 1. The van der Waals surface area contributed by atoms with Gasteiger partial charge in [-0.25, -0.2) is 8.51 Å². The van der Waals surface area contributed by atoms with Crippen molar-refractivity contribution in [3.05, 3.63) is 24.3 Å². The van der Waals surface area contributed by atoms with Gasteiger partial charge in [0.1, 0.15) is 23.1 Å². The molecule has 2 aliphatic heterocycles. The van der Waals surface area contributed by atoms with Crippen LogP contribution in [0.1, 0.15) is 33.6 Å². The van der Waals surface area contributed by atoms with Gasteiger partial charge in [-0.05, 0) is 36.5 Å². The number of carbonyl (C=O) groups excluding carboxylic acids is 2. The van der Waals surface area contributed by atoms with Crippen LogP contribution in [-0.4, -0.2) is 70.2 Å². The van der Waals surface area contributed by atoms with Gasteiger partial charge in [0.05, 0.1) is 18.1 Å². The second-order valence-electron chi connectivity index (χ2n) is 8.85. The molecule has 3 unspecified atom stereocenters. The second-order valence-corrected chi connectivity index (χ2v) is 10.3. The molecule has 30 heavy (non-hydrogen) atoms. The predicted molar refractivity (Wildman–Crippen MR) is 116 cm³/mol. The Kier molecular flexibility index (Phi) is 7.15. The van der Waals surface area contributed by atoms with Crippen molar-refractivity contribution in [1.82, 2.24) is 9.21 Å². The molecule has 0 aliphatic carbocycles.